The Morgan fingerprint density at radius 3 is 1.87 bits per heavy atom. The fraction of sp³-hybridized carbons (Fsp3) is 1.00. The van der Waals surface area contributed by atoms with E-state index in [1.165, 1.54) is 32.6 Å². The van der Waals surface area contributed by atoms with Crippen LogP contribution >= 0.6 is 0 Å². The summed E-state index contributed by atoms with van der Waals surface area (Å²) in [7, 11) is 0. The van der Waals surface area contributed by atoms with Gasteiger partial charge in [0.25, 0.3) is 0 Å². The number of hydrogen-bond donors (Lipinski definition) is 0. The van der Waals surface area contributed by atoms with E-state index in [4.69, 9.17) is 0 Å². The van der Waals surface area contributed by atoms with Crippen molar-refractivity contribution in [2.75, 3.05) is 26.2 Å². The fourth-order valence-electron chi connectivity index (χ4n) is 2.74. The van der Waals surface area contributed by atoms with E-state index in [2.05, 4.69) is 44.4 Å². The lowest BCUT2D eigenvalue weighted by Crippen LogP contribution is -2.57. The molecule has 2 rings (SSSR count). The van der Waals surface area contributed by atoms with Crippen LogP contribution in [-0.4, -0.2) is 47.1 Å². The monoisotopic (exact) mass is 210 g/mol. The second-order valence-electron chi connectivity index (χ2n) is 6.95. The van der Waals surface area contributed by atoms with Crippen molar-refractivity contribution in [2.24, 2.45) is 5.92 Å². The molecule has 2 aliphatic heterocycles. The zero-order valence-electron chi connectivity index (χ0n) is 11.0. The van der Waals surface area contributed by atoms with Crippen LogP contribution in [0.2, 0.25) is 0 Å². The Kier molecular flexibility index (Phi) is 2.63. The van der Waals surface area contributed by atoms with Gasteiger partial charge in [-0.05, 0) is 47.0 Å². The van der Waals surface area contributed by atoms with Crippen LogP contribution in [0.3, 0.4) is 0 Å². The molecule has 0 bridgehead atoms. The molecule has 0 aromatic carbocycles. The molecular formula is C13H26N2. The Morgan fingerprint density at radius 1 is 0.933 bits per heavy atom. The zero-order chi connectivity index (χ0) is 11.3. The molecule has 0 aliphatic carbocycles. The third kappa shape index (κ3) is 2.54. The van der Waals surface area contributed by atoms with Crippen molar-refractivity contribution in [3.05, 3.63) is 0 Å². The van der Waals surface area contributed by atoms with Gasteiger partial charge in [0, 0.05) is 37.3 Å². The first-order valence-electron chi connectivity index (χ1n) is 6.29. The first-order chi connectivity index (χ1) is 6.79. The average Bonchev–Trinajstić information content (AvgIpc) is 2.74. The molecule has 2 heteroatoms. The van der Waals surface area contributed by atoms with Crippen molar-refractivity contribution >= 4 is 0 Å². The van der Waals surface area contributed by atoms with Crippen LogP contribution < -0.4 is 0 Å². The molecule has 2 aliphatic rings. The maximum absolute atomic E-state index is 2.59. The Morgan fingerprint density at radius 2 is 1.47 bits per heavy atom. The summed E-state index contributed by atoms with van der Waals surface area (Å²) >= 11 is 0. The summed E-state index contributed by atoms with van der Waals surface area (Å²) in [6.45, 7) is 17.0. The minimum absolute atomic E-state index is 0.376. The minimum Gasteiger partial charge on any atom is -0.298 e. The van der Waals surface area contributed by atoms with Crippen LogP contribution in [0.5, 0.6) is 0 Å². The third-order valence-corrected chi connectivity index (χ3v) is 4.00. The topological polar surface area (TPSA) is 6.25 Å². The van der Waals surface area contributed by atoms with E-state index in [0.717, 1.165) is 5.92 Å². The fourth-order valence-corrected chi connectivity index (χ4v) is 2.74. The number of nitrogens with zero attached hydrogens (tertiary/aromatic N) is 2. The second-order valence-corrected chi connectivity index (χ2v) is 6.95. The largest absolute Gasteiger partial charge is 0.298 e. The van der Waals surface area contributed by atoms with E-state index >= 15 is 0 Å². The number of rotatable bonds is 3. The van der Waals surface area contributed by atoms with Gasteiger partial charge in [-0.25, -0.2) is 0 Å². The lowest BCUT2D eigenvalue weighted by Gasteiger charge is -2.49. The zero-order valence-corrected chi connectivity index (χ0v) is 11.0. The molecule has 15 heavy (non-hydrogen) atoms. The van der Waals surface area contributed by atoms with Crippen LogP contribution in [0.4, 0.5) is 0 Å². The third-order valence-electron chi connectivity index (χ3n) is 4.00. The van der Waals surface area contributed by atoms with Crippen LogP contribution in [0.1, 0.15) is 41.0 Å². The minimum atomic E-state index is 0.376. The van der Waals surface area contributed by atoms with E-state index in [9.17, 15) is 0 Å². The Balaban J connectivity index is 1.76. The van der Waals surface area contributed by atoms with Gasteiger partial charge in [0.05, 0.1) is 0 Å². The summed E-state index contributed by atoms with van der Waals surface area (Å²) in [5, 5.41) is 0. The van der Waals surface area contributed by atoms with Gasteiger partial charge in [-0.3, -0.25) is 9.80 Å². The SMILES string of the molecule is CC(C)(C)N1CC(CC(C)(C)N2CC2)C1. The molecule has 0 spiro atoms. The molecular weight excluding hydrogens is 184 g/mol. The molecule has 0 aromatic rings. The second kappa shape index (κ2) is 3.46. The molecule has 0 saturated carbocycles. The Hall–Kier alpha value is -0.0800. The van der Waals surface area contributed by atoms with Gasteiger partial charge in [0.1, 0.15) is 0 Å². The highest BCUT2D eigenvalue weighted by molar-refractivity contribution is 4.97. The van der Waals surface area contributed by atoms with Crippen molar-refractivity contribution in [1.82, 2.24) is 9.80 Å². The smallest absolute Gasteiger partial charge is 0.0157 e. The average molecular weight is 210 g/mol. The lowest BCUT2D eigenvalue weighted by molar-refractivity contribution is -0.00505. The Labute approximate surface area is 94.6 Å². The highest BCUT2D eigenvalue weighted by Crippen LogP contribution is 2.35. The summed E-state index contributed by atoms with van der Waals surface area (Å²) in [6.07, 6.45) is 1.37. The number of likely N-dealkylation sites (tertiary alicyclic amines) is 1. The molecule has 2 saturated heterocycles. The molecule has 0 atom stereocenters. The van der Waals surface area contributed by atoms with Crippen molar-refractivity contribution < 1.29 is 0 Å². The maximum atomic E-state index is 2.59. The molecule has 2 heterocycles. The first kappa shape index (κ1) is 11.4. The van der Waals surface area contributed by atoms with Crippen molar-refractivity contribution in [2.45, 2.75) is 52.1 Å². The van der Waals surface area contributed by atoms with Gasteiger partial charge in [-0.1, -0.05) is 0 Å². The van der Waals surface area contributed by atoms with E-state index in [1.807, 2.05) is 0 Å². The van der Waals surface area contributed by atoms with Gasteiger partial charge >= 0.3 is 0 Å². The summed E-state index contributed by atoms with van der Waals surface area (Å²) in [5.41, 5.74) is 0.829. The predicted octanol–water partition coefficient (Wildman–Crippen LogP) is 2.20. The molecule has 0 N–H and O–H groups in total. The van der Waals surface area contributed by atoms with Crippen LogP contribution in [0.25, 0.3) is 0 Å². The molecule has 0 amide bonds. The van der Waals surface area contributed by atoms with Crippen molar-refractivity contribution in [3.8, 4) is 0 Å². The quantitative estimate of drug-likeness (QED) is 0.659. The highest BCUT2D eigenvalue weighted by atomic mass is 15.3. The summed E-state index contributed by atoms with van der Waals surface area (Å²) < 4.78 is 0. The van der Waals surface area contributed by atoms with E-state index < -0.39 is 0 Å². The molecule has 0 unspecified atom stereocenters. The van der Waals surface area contributed by atoms with Crippen LogP contribution in [0, 0.1) is 5.92 Å². The molecule has 0 radical (unpaired) electrons. The molecule has 2 nitrogen and oxygen atoms in total. The van der Waals surface area contributed by atoms with Crippen molar-refractivity contribution in [3.63, 3.8) is 0 Å². The highest BCUT2D eigenvalue weighted by Gasteiger charge is 2.41. The van der Waals surface area contributed by atoms with E-state index in [0.29, 0.717) is 11.1 Å². The van der Waals surface area contributed by atoms with E-state index in [1.54, 1.807) is 0 Å². The molecule has 88 valence electrons. The number of hydrogen-bond acceptors (Lipinski definition) is 2. The van der Waals surface area contributed by atoms with Crippen molar-refractivity contribution in [1.29, 1.82) is 0 Å². The molecule has 2 fully saturated rings. The van der Waals surface area contributed by atoms with Gasteiger partial charge in [0.15, 0.2) is 0 Å². The Bertz CT molecular complexity index is 229. The normalized spacial score (nSPS) is 25.4. The standard InChI is InChI=1S/C13H26N2/c1-12(2,3)15-9-11(10-15)8-13(4,5)14-6-7-14/h11H,6-10H2,1-5H3. The predicted molar refractivity (Wildman–Crippen MR) is 65.1 cm³/mol. The van der Waals surface area contributed by atoms with Gasteiger partial charge < -0.3 is 0 Å². The van der Waals surface area contributed by atoms with Gasteiger partial charge in [-0.2, -0.15) is 0 Å². The van der Waals surface area contributed by atoms with Gasteiger partial charge in [-0.15, -0.1) is 0 Å². The van der Waals surface area contributed by atoms with Crippen LogP contribution in [0.15, 0.2) is 0 Å². The molecule has 0 aromatic heterocycles. The maximum Gasteiger partial charge on any atom is 0.0157 e. The van der Waals surface area contributed by atoms with E-state index in [-0.39, 0.29) is 0 Å². The lowest BCUT2D eigenvalue weighted by atomic mass is 9.83. The van der Waals surface area contributed by atoms with Crippen LogP contribution in [-0.2, 0) is 0 Å². The summed E-state index contributed by atoms with van der Waals surface area (Å²) in [5.74, 6) is 0.930. The first-order valence-corrected chi connectivity index (χ1v) is 6.29. The van der Waals surface area contributed by atoms with Gasteiger partial charge in [0.2, 0.25) is 0 Å². The summed E-state index contributed by atoms with van der Waals surface area (Å²) in [6, 6.07) is 0. The summed E-state index contributed by atoms with van der Waals surface area (Å²) in [4.78, 5) is 5.18.